The van der Waals surface area contributed by atoms with Gasteiger partial charge in [0.15, 0.2) is 6.29 Å². The van der Waals surface area contributed by atoms with Crippen LogP contribution >= 0.6 is 0 Å². The van der Waals surface area contributed by atoms with Gasteiger partial charge in [-0.15, -0.1) is 0 Å². The summed E-state index contributed by atoms with van der Waals surface area (Å²) in [6.45, 7) is 2.24. The highest BCUT2D eigenvalue weighted by molar-refractivity contribution is 5.29. The fourth-order valence-electron chi connectivity index (χ4n) is 3.27. The minimum Gasteiger partial charge on any atom is -0.337 e. The first-order valence-electron chi connectivity index (χ1n) is 10.2. The molecule has 0 amide bonds. The first kappa shape index (κ1) is 20.7. The van der Waals surface area contributed by atoms with E-state index in [0.29, 0.717) is 6.42 Å². The highest BCUT2D eigenvalue weighted by Crippen LogP contribution is 2.28. The summed E-state index contributed by atoms with van der Waals surface area (Å²) in [6, 6.07) is 20.1. The molecule has 0 aliphatic rings. The normalized spacial score (nSPS) is 12.4. The molecule has 1 radical (unpaired) electrons. The molecule has 0 spiro atoms. The molecule has 0 bridgehead atoms. The molecule has 0 fully saturated rings. The zero-order chi connectivity index (χ0) is 18.5. The van der Waals surface area contributed by atoms with E-state index in [2.05, 4.69) is 6.92 Å². The van der Waals surface area contributed by atoms with E-state index in [-0.39, 0.29) is 6.10 Å². The molecule has 1 unspecified atom stereocenters. The molecule has 0 saturated heterocycles. The van der Waals surface area contributed by atoms with Gasteiger partial charge in [-0.3, -0.25) is 0 Å². The smallest absolute Gasteiger partial charge is 0.192 e. The summed E-state index contributed by atoms with van der Waals surface area (Å²) < 4.78 is 5.93. The van der Waals surface area contributed by atoms with E-state index in [4.69, 9.17) is 4.74 Å². The van der Waals surface area contributed by atoms with Crippen LogP contribution < -0.4 is 0 Å². The molecule has 2 heteroatoms. The standard InChI is InChI=1S/C24H33O2/c1-2-3-4-5-6-7-8-15-20-23(25)26-24(21-16-11-9-12-17-21)22-18-13-10-14-19-22/h9-14,16-19,23-24H,2-8,15,20H2,1H3. The van der Waals surface area contributed by atoms with E-state index in [1.165, 1.54) is 38.5 Å². The second-order valence-electron chi connectivity index (χ2n) is 7.03. The highest BCUT2D eigenvalue weighted by Gasteiger charge is 2.19. The fourth-order valence-corrected chi connectivity index (χ4v) is 3.27. The van der Waals surface area contributed by atoms with Crippen LogP contribution in [0.15, 0.2) is 60.7 Å². The van der Waals surface area contributed by atoms with Crippen LogP contribution in [0.4, 0.5) is 0 Å². The van der Waals surface area contributed by atoms with Gasteiger partial charge in [0.2, 0.25) is 0 Å². The van der Waals surface area contributed by atoms with Crippen molar-refractivity contribution in [3.8, 4) is 0 Å². The molecule has 0 heterocycles. The van der Waals surface area contributed by atoms with Crippen LogP contribution in [0.3, 0.4) is 0 Å². The molecule has 0 N–H and O–H groups in total. The number of benzene rings is 2. The van der Waals surface area contributed by atoms with Crippen molar-refractivity contribution in [3.05, 3.63) is 71.8 Å². The Bertz CT molecular complexity index is 528. The molecular formula is C24H33O2. The zero-order valence-corrected chi connectivity index (χ0v) is 16.1. The van der Waals surface area contributed by atoms with Gasteiger partial charge in [0.1, 0.15) is 6.10 Å². The number of ether oxygens (including phenoxy) is 1. The summed E-state index contributed by atoms with van der Waals surface area (Å²) in [4.78, 5) is 0. The van der Waals surface area contributed by atoms with Crippen LogP contribution in [0, 0.1) is 0 Å². The van der Waals surface area contributed by atoms with Crippen molar-refractivity contribution in [1.82, 2.24) is 0 Å². The average molecular weight is 354 g/mol. The van der Waals surface area contributed by atoms with Crippen LogP contribution in [-0.2, 0) is 9.84 Å². The maximum atomic E-state index is 12.4. The third kappa shape index (κ3) is 7.72. The molecule has 0 saturated carbocycles. The summed E-state index contributed by atoms with van der Waals surface area (Å²) in [5.74, 6) is 0. The third-order valence-electron chi connectivity index (χ3n) is 4.79. The predicted octanol–water partition coefficient (Wildman–Crippen LogP) is 7.08. The Hall–Kier alpha value is -1.64. The molecule has 2 rings (SSSR count). The lowest BCUT2D eigenvalue weighted by atomic mass is 10.0. The Morgan fingerprint density at radius 1 is 0.692 bits per heavy atom. The van der Waals surface area contributed by atoms with E-state index in [1.807, 2.05) is 60.7 Å². The van der Waals surface area contributed by atoms with Gasteiger partial charge in [-0.1, -0.05) is 113 Å². The van der Waals surface area contributed by atoms with Gasteiger partial charge in [0.25, 0.3) is 0 Å². The molecule has 1 atom stereocenters. The molecule has 2 aromatic carbocycles. The molecule has 0 aromatic heterocycles. The van der Waals surface area contributed by atoms with Gasteiger partial charge in [-0.2, -0.15) is 0 Å². The topological polar surface area (TPSA) is 29.1 Å². The lowest BCUT2D eigenvalue weighted by Crippen LogP contribution is -2.16. The van der Waals surface area contributed by atoms with Crippen molar-refractivity contribution in [2.75, 3.05) is 0 Å². The molecule has 2 aromatic rings. The monoisotopic (exact) mass is 353 g/mol. The van der Waals surface area contributed by atoms with Crippen molar-refractivity contribution in [2.24, 2.45) is 0 Å². The van der Waals surface area contributed by atoms with E-state index in [9.17, 15) is 5.11 Å². The van der Waals surface area contributed by atoms with Gasteiger partial charge in [0.05, 0.1) is 0 Å². The van der Waals surface area contributed by atoms with Gasteiger partial charge >= 0.3 is 0 Å². The number of hydrogen-bond donors (Lipinski definition) is 0. The third-order valence-corrected chi connectivity index (χ3v) is 4.79. The van der Waals surface area contributed by atoms with E-state index in [1.54, 1.807) is 0 Å². The maximum absolute atomic E-state index is 12.4. The van der Waals surface area contributed by atoms with E-state index in [0.717, 1.165) is 24.0 Å². The van der Waals surface area contributed by atoms with E-state index < -0.39 is 6.29 Å². The number of unbranched alkanes of at least 4 members (excludes halogenated alkanes) is 7. The van der Waals surface area contributed by atoms with E-state index >= 15 is 0 Å². The van der Waals surface area contributed by atoms with Crippen LogP contribution in [0.2, 0.25) is 0 Å². The summed E-state index contributed by atoms with van der Waals surface area (Å²) in [5, 5.41) is 12.4. The van der Waals surface area contributed by atoms with Crippen LogP contribution in [0.5, 0.6) is 0 Å². The van der Waals surface area contributed by atoms with Crippen LogP contribution in [0.25, 0.3) is 0 Å². The van der Waals surface area contributed by atoms with Crippen molar-refractivity contribution in [2.45, 2.75) is 77.1 Å². The molecule has 26 heavy (non-hydrogen) atoms. The Kier molecular flexibility index (Phi) is 10.1. The molecule has 141 valence electrons. The second kappa shape index (κ2) is 12.7. The highest BCUT2D eigenvalue weighted by atomic mass is 16.6. The Balaban J connectivity index is 1.77. The van der Waals surface area contributed by atoms with Crippen molar-refractivity contribution >= 4 is 0 Å². The first-order chi connectivity index (χ1) is 12.8. The van der Waals surface area contributed by atoms with Crippen molar-refractivity contribution in [3.63, 3.8) is 0 Å². The lowest BCUT2D eigenvalue weighted by molar-refractivity contribution is -0.166. The lowest BCUT2D eigenvalue weighted by Gasteiger charge is -2.21. The average Bonchev–Trinajstić information content (AvgIpc) is 2.69. The molecule has 2 nitrogen and oxygen atoms in total. The minimum atomic E-state index is -0.972. The maximum Gasteiger partial charge on any atom is 0.192 e. The molecular weight excluding hydrogens is 320 g/mol. The SMILES string of the molecule is CCCCCCCCCCC([O])OC(c1ccccc1)c1ccccc1. The molecule has 0 aliphatic carbocycles. The van der Waals surface area contributed by atoms with Crippen LogP contribution in [-0.4, -0.2) is 6.29 Å². The summed E-state index contributed by atoms with van der Waals surface area (Å²) in [5.41, 5.74) is 2.07. The number of hydrogen-bond acceptors (Lipinski definition) is 1. The summed E-state index contributed by atoms with van der Waals surface area (Å²) >= 11 is 0. The minimum absolute atomic E-state index is 0.283. The fraction of sp³-hybridized carbons (Fsp3) is 0.500. The van der Waals surface area contributed by atoms with Gasteiger partial charge in [-0.05, 0) is 17.5 Å². The quantitative estimate of drug-likeness (QED) is 0.279. The Labute approximate surface area is 159 Å². The largest absolute Gasteiger partial charge is 0.337 e. The Morgan fingerprint density at radius 2 is 1.15 bits per heavy atom. The first-order valence-corrected chi connectivity index (χ1v) is 10.2. The second-order valence-corrected chi connectivity index (χ2v) is 7.03. The van der Waals surface area contributed by atoms with Crippen molar-refractivity contribution < 1.29 is 9.84 Å². The van der Waals surface area contributed by atoms with Gasteiger partial charge in [-0.25, -0.2) is 5.11 Å². The summed E-state index contributed by atoms with van der Waals surface area (Å²) in [6.07, 6.45) is 9.26. The zero-order valence-electron chi connectivity index (χ0n) is 16.1. The van der Waals surface area contributed by atoms with Gasteiger partial charge in [0, 0.05) is 6.42 Å². The predicted molar refractivity (Wildman–Crippen MR) is 108 cm³/mol. The Morgan fingerprint density at radius 3 is 1.65 bits per heavy atom. The number of rotatable bonds is 13. The molecule has 0 aliphatic heterocycles. The van der Waals surface area contributed by atoms with Gasteiger partial charge < -0.3 is 4.74 Å². The summed E-state index contributed by atoms with van der Waals surface area (Å²) in [7, 11) is 0. The van der Waals surface area contributed by atoms with Crippen molar-refractivity contribution in [1.29, 1.82) is 0 Å². The van der Waals surface area contributed by atoms with Crippen LogP contribution in [0.1, 0.15) is 81.9 Å².